The number of carbonyl (C=O) groups excluding carboxylic acids is 1. The van der Waals surface area contributed by atoms with Crippen molar-refractivity contribution in [1.82, 2.24) is 14.9 Å². The first-order valence-corrected chi connectivity index (χ1v) is 7.58. The number of likely N-dealkylation sites (tertiary alicyclic amines) is 1. The van der Waals surface area contributed by atoms with Crippen molar-refractivity contribution in [2.45, 2.75) is 38.8 Å². The molecule has 1 fully saturated rings. The molecule has 0 unspecified atom stereocenters. The SMILES string of the molecule is CC(C)[C@H](N)C(=O)N1CCC[C@H]1c1nc2ccccc2[nH]1. The van der Waals surface area contributed by atoms with E-state index in [4.69, 9.17) is 5.73 Å². The second-order valence-corrected chi connectivity index (χ2v) is 6.10. The predicted octanol–water partition coefficient (Wildman–Crippen LogP) is 2.21. The molecule has 1 aromatic heterocycles. The van der Waals surface area contributed by atoms with Gasteiger partial charge in [0, 0.05) is 6.54 Å². The standard InChI is InChI=1S/C16H22N4O/c1-10(2)14(17)16(21)20-9-5-8-13(20)15-18-11-6-3-4-7-12(11)19-15/h3-4,6-7,10,13-14H,5,8-9,17H2,1-2H3,(H,18,19)/t13-,14-/m0/s1. The number of nitrogens with one attached hydrogen (secondary N) is 1. The van der Waals surface area contributed by atoms with Crippen molar-refractivity contribution in [3.05, 3.63) is 30.1 Å². The van der Waals surface area contributed by atoms with Crippen molar-refractivity contribution < 1.29 is 4.79 Å². The molecule has 5 heteroatoms. The molecule has 3 rings (SSSR count). The number of nitrogens with zero attached hydrogens (tertiary/aromatic N) is 2. The average Bonchev–Trinajstić information content (AvgIpc) is 3.11. The molecule has 0 spiro atoms. The van der Waals surface area contributed by atoms with Crippen LogP contribution in [0.2, 0.25) is 0 Å². The fourth-order valence-electron chi connectivity index (χ4n) is 2.92. The Balaban J connectivity index is 1.88. The largest absolute Gasteiger partial charge is 0.340 e. The van der Waals surface area contributed by atoms with E-state index in [1.54, 1.807) is 0 Å². The highest BCUT2D eigenvalue weighted by atomic mass is 16.2. The van der Waals surface area contributed by atoms with Crippen molar-refractivity contribution in [3.63, 3.8) is 0 Å². The summed E-state index contributed by atoms with van der Waals surface area (Å²) in [6.07, 6.45) is 1.94. The fraction of sp³-hybridized carbons (Fsp3) is 0.500. The maximum atomic E-state index is 12.5. The molecule has 21 heavy (non-hydrogen) atoms. The van der Waals surface area contributed by atoms with E-state index in [0.29, 0.717) is 0 Å². The van der Waals surface area contributed by atoms with Gasteiger partial charge in [-0.15, -0.1) is 0 Å². The summed E-state index contributed by atoms with van der Waals surface area (Å²) in [5.41, 5.74) is 7.99. The van der Waals surface area contributed by atoms with E-state index in [-0.39, 0.29) is 17.9 Å². The van der Waals surface area contributed by atoms with Crippen LogP contribution in [0.4, 0.5) is 0 Å². The zero-order valence-electron chi connectivity index (χ0n) is 12.5. The van der Waals surface area contributed by atoms with E-state index in [9.17, 15) is 4.79 Å². The first-order valence-electron chi connectivity index (χ1n) is 7.58. The van der Waals surface area contributed by atoms with Gasteiger partial charge in [-0.05, 0) is 30.9 Å². The number of amides is 1. The molecule has 1 amide bonds. The number of carbonyl (C=O) groups is 1. The third-order valence-electron chi connectivity index (χ3n) is 4.26. The Morgan fingerprint density at radius 2 is 2.19 bits per heavy atom. The molecular weight excluding hydrogens is 264 g/mol. The van der Waals surface area contributed by atoms with Crippen LogP contribution in [0.3, 0.4) is 0 Å². The predicted molar refractivity (Wildman–Crippen MR) is 82.6 cm³/mol. The third-order valence-corrected chi connectivity index (χ3v) is 4.26. The minimum Gasteiger partial charge on any atom is -0.340 e. The highest BCUT2D eigenvalue weighted by molar-refractivity contribution is 5.83. The highest BCUT2D eigenvalue weighted by Crippen LogP contribution is 2.32. The van der Waals surface area contributed by atoms with Crippen LogP contribution in [0.1, 0.15) is 38.6 Å². The summed E-state index contributed by atoms with van der Waals surface area (Å²) in [6, 6.07) is 7.53. The Labute approximate surface area is 124 Å². The van der Waals surface area contributed by atoms with Gasteiger partial charge in [0.25, 0.3) is 0 Å². The van der Waals surface area contributed by atoms with E-state index in [2.05, 4.69) is 9.97 Å². The number of hydrogen-bond donors (Lipinski definition) is 2. The number of aromatic amines is 1. The van der Waals surface area contributed by atoms with Gasteiger partial charge in [-0.25, -0.2) is 4.98 Å². The van der Waals surface area contributed by atoms with Crippen LogP contribution >= 0.6 is 0 Å². The lowest BCUT2D eigenvalue weighted by molar-refractivity contribution is -0.134. The summed E-state index contributed by atoms with van der Waals surface area (Å²) in [5, 5.41) is 0. The summed E-state index contributed by atoms with van der Waals surface area (Å²) in [5.74, 6) is 1.06. The van der Waals surface area contributed by atoms with Crippen LogP contribution in [0, 0.1) is 5.92 Å². The number of hydrogen-bond acceptors (Lipinski definition) is 3. The molecule has 2 heterocycles. The van der Waals surface area contributed by atoms with E-state index >= 15 is 0 Å². The molecule has 2 aromatic rings. The average molecular weight is 286 g/mol. The second-order valence-electron chi connectivity index (χ2n) is 6.10. The second kappa shape index (κ2) is 5.48. The minimum absolute atomic E-state index is 0.0229. The molecule has 0 bridgehead atoms. The van der Waals surface area contributed by atoms with Gasteiger partial charge < -0.3 is 15.6 Å². The van der Waals surface area contributed by atoms with Crippen LogP contribution < -0.4 is 5.73 Å². The number of para-hydroxylation sites is 2. The number of H-pyrrole nitrogens is 1. The Morgan fingerprint density at radius 3 is 2.90 bits per heavy atom. The number of nitrogens with two attached hydrogens (primary N) is 1. The Hall–Kier alpha value is -1.88. The molecule has 3 N–H and O–H groups in total. The number of fused-ring (bicyclic) bond motifs is 1. The number of benzene rings is 1. The van der Waals surface area contributed by atoms with Gasteiger partial charge in [0.1, 0.15) is 5.82 Å². The van der Waals surface area contributed by atoms with Gasteiger partial charge in [0.15, 0.2) is 0 Å². The van der Waals surface area contributed by atoms with Crippen LogP contribution in [0.5, 0.6) is 0 Å². The summed E-state index contributed by atoms with van der Waals surface area (Å²) in [6.45, 7) is 4.73. The number of aromatic nitrogens is 2. The topological polar surface area (TPSA) is 75.0 Å². The first-order chi connectivity index (χ1) is 10.1. The number of imidazole rings is 1. The van der Waals surface area contributed by atoms with Crippen molar-refractivity contribution in [3.8, 4) is 0 Å². The van der Waals surface area contributed by atoms with Gasteiger partial charge in [-0.3, -0.25) is 4.79 Å². The highest BCUT2D eigenvalue weighted by Gasteiger charge is 2.35. The Bertz CT molecular complexity index is 616. The van der Waals surface area contributed by atoms with E-state index in [1.807, 2.05) is 43.0 Å². The van der Waals surface area contributed by atoms with Crippen LogP contribution in [0.25, 0.3) is 11.0 Å². The normalized spacial score (nSPS) is 20.4. The van der Waals surface area contributed by atoms with E-state index in [1.165, 1.54) is 0 Å². The lowest BCUT2D eigenvalue weighted by atomic mass is 10.0. The van der Waals surface area contributed by atoms with Crippen molar-refractivity contribution in [1.29, 1.82) is 0 Å². The first kappa shape index (κ1) is 14.1. The van der Waals surface area contributed by atoms with Gasteiger partial charge >= 0.3 is 0 Å². The minimum atomic E-state index is -0.435. The molecule has 1 saturated heterocycles. The molecule has 0 radical (unpaired) electrons. The molecule has 2 atom stereocenters. The maximum Gasteiger partial charge on any atom is 0.240 e. The molecule has 112 valence electrons. The molecule has 0 saturated carbocycles. The summed E-state index contributed by atoms with van der Waals surface area (Å²) >= 11 is 0. The zero-order chi connectivity index (χ0) is 15.0. The maximum absolute atomic E-state index is 12.5. The van der Waals surface area contributed by atoms with Crippen molar-refractivity contribution in [2.75, 3.05) is 6.54 Å². The van der Waals surface area contributed by atoms with Crippen LogP contribution in [0.15, 0.2) is 24.3 Å². The molecule has 1 aromatic carbocycles. The van der Waals surface area contributed by atoms with E-state index in [0.717, 1.165) is 36.2 Å². The van der Waals surface area contributed by atoms with Gasteiger partial charge in [-0.2, -0.15) is 0 Å². The van der Waals surface area contributed by atoms with Crippen molar-refractivity contribution >= 4 is 16.9 Å². The number of rotatable bonds is 3. The fourth-order valence-corrected chi connectivity index (χ4v) is 2.92. The van der Waals surface area contributed by atoms with Crippen molar-refractivity contribution in [2.24, 2.45) is 11.7 Å². The van der Waals surface area contributed by atoms with E-state index < -0.39 is 6.04 Å². The molecule has 0 aliphatic carbocycles. The molecule has 1 aliphatic rings. The summed E-state index contributed by atoms with van der Waals surface area (Å²) in [7, 11) is 0. The lowest BCUT2D eigenvalue weighted by Gasteiger charge is -2.27. The smallest absolute Gasteiger partial charge is 0.240 e. The quantitative estimate of drug-likeness (QED) is 0.908. The van der Waals surface area contributed by atoms with Crippen LogP contribution in [-0.4, -0.2) is 33.4 Å². The van der Waals surface area contributed by atoms with Crippen LogP contribution in [-0.2, 0) is 4.79 Å². The molecule has 5 nitrogen and oxygen atoms in total. The van der Waals surface area contributed by atoms with Gasteiger partial charge in [0.2, 0.25) is 5.91 Å². The third kappa shape index (κ3) is 2.53. The Morgan fingerprint density at radius 1 is 1.43 bits per heavy atom. The van der Waals surface area contributed by atoms with Gasteiger partial charge in [0.05, 0.1) is 23.1 Å². The monoisotopic (exact) mass is 286 g/mol. The zero-order valence-corrected chi connectivity index (χ0v) is 12.5. The summed E-state index contributed by atoms with van der Waals surface area (Å²) < 4.78 is 0. The molecule has 1 aliphatic heterocycles. The molecular formula is C16H22N4O. The van der Waals surface area contributed by atoms with Gasteiger partial charge in [-0.1, -0.05) is 26.0 Å². The summed E-state index contributed by atoms with van der Waals surface area (Å²) in [4.78, 5) is 22.4. The Kier molecular flexibility index (Phi) is 3.68. The lowest BCUT2D eigenvalue weighted by Crippen LogP contribution is -2.46.